The standard InChI is InChI=1S/C21H34N2O6/c1-16(2)11-19-21(29-15-27-5,20(24)23(19)14-26-4)13-17-12-18(7-8-22-17)28-10-6-9-25-3/h7-8,12,16,19H,6,9-11,13-15H2,1-5H3. The first kappa shape index (κ1) is 23.5. The summed E-state index contributed by atoms with van der Waals surface area (Å²) in [5.41, 5.74) is -0.273. The molecule has 29 heavy (non-hydrogen) atoms. The average molecular weight is 411 g/mol. The lowest BCUT2D eigenvalue weighted by Gasteiger charge is -2.55. The number of amides is 1. The Bertz CT molecular complexity index is 641. The van der Waals surface area contributed by atoms with E-state index in [2.05, 4.69) is 18.8 Å². The lowest BCUT2D eigenvalue weighted by molar-refractivity contribution is -0.235. The van der Waals surface area contributed by atoms with E-state index in [0.717, 1.165) is 18.5 Å². The highest BCUT2D eigenvalue weighted by Gasteiger charge is 2.61. The van der Waals surface area contributed by atoms with Crippen LogP contribution in [0.15, 0.2) is 18.3 Å². The van der Waals surface area contributed by atoms with Gasteiger partial charge in [-0.25, -0.2) is 0 Å². The van der Waals surface area contributed by atoms with Gasteiger partial charge in [-0.2, -0.15) is 0 Å². The second-order valence-electron chi connectivity index (χ2n) is 7.63. The number of hydrogen-bond donors (Lipinski definition) is 0. The number of likely N-dealkylation sites (tertiary alicyclic amines) is 1. The van der Waals surface area contributed by atoms with Crippen molar-refractivity contribution in [2.45, 2.75) is 44.8 Å². The topological polar surface area (TPSA) is 79.3 Å². The number of hydrogen-bond acceptors (Lipinski definition) is 7. The Morgan fingerprint density at radius 3 is 2.62 bits per heavy atom. The number of carbonyl (C=O) groups excluding carboxylic acids is 1. The van der Waals surface area contributed by atoms with Gasteiger partial charge in [0.2, 0.25) is 0 Å². The van der Waals surface area contributed by atoms with Crippen molar-refractivity contribution in [2.24, 2.45) is 5.92 Å². The van der Waals surface area contributed by atoms with Crippen molar-refractivity contribution >= 4 is 5.91 Å². The molecule has 8 nitrogen and oxygen atoms in total. The van der Waals surface area contributed by atoms with E-state index >= 15 is 0 Å². The van der Waals surface area contributed by atoms with E-state index in [1.54, 1.807) is 32.4 Å². The summed E-state index contributed by atoms with van der Waals surface area (Å²) in [6, 6.07) is 3.56. The van der Waals surface area contributed by atoms with Gasteiger partial charge in [-0.05, 0) is 18.4 Å². The van der Waals surface area contributed by atoms with E-state index in [0.29, 0.717) is 31.3 Å². The number of pyridine rings is 1. The summed E-state index contributed by atoms with van der Waals surface area (Å²) in [6.07, 6.45) is 3.64. The van der Waals surface area contributed by atoms with Crippen LogP contribution in [-0.4, -0.2) is 75.5 Å². The van der Waals surface area contributed by atoms with Crippen molar-refractivity contribution < 1.29 is 28.5 Å². The van der Waals surface area contributed by atoms with Crippen LogP contribution >= 0.6 is 0 Å². The molecule has 0 bridgehead atoms. The summed E-state index contributed by atoms with van der Waals surface area (Å²) < 4.78 is 27.2. The maximum Gasteiger partial charge on any atom is 0.259 e. The molecule has 2 heterocycles. The van der Waals surface area contributed by atoms with Crippen LogP contribution in [0.5, 0.6) is 5.75 Å². The van der Waals surface area contributed by atoms with E-state index in [-0.39, 0.29) is 25.5 Å². The summed E-state index contributed by atoms with van der Waals surface area (Å²) >= 11 is 0. The largest absolute Gasteiger partial charge is 0.493 e. The summed E-state index contributed by atoms with van der Waals surface area (Å²) in [4.78, 5) is 19.3. The zero-order chi connectivity index (χ0) is 21.3. The fourth-order valence-corrected chi connectivity index (χ4v) is 3.64. The molecule has 0 aromatic carbocycles. The molecule has 0 saturated carbocycles. The van der Waals surface area contributed by atoms with E-state index in [1.807, 2.05) is 12.1 Å². The van der Waals surface area contributed by atoms with Gasteiger partial charge in [-0.15, -0.1) is 0 Å². The summed E-state index contributed by atoms with van der Waals surface area (Å²) in [5.74, 6) is 1.01. The van der Waals surface area contributed by atoms with Crippen LogP contribution in [0, 0.1) is 5.92 Å². The number of nitrogens with zero attached hydrogens (tertiary/aromatic N) is 2. The smallest absolute Gasteiger partial charge is 0.259 e. The van der Waals surface area contributed by atoms with Crippen molar-refractivity contribution in [3.05, 3.63) is 24.0 Å². The Balaban J connectivity index is 2.20. The van der Waals surface area contributed by atoms with Crippen molar-refractivity contribution in [2.75, 3.05) is 48.1 Å². The van der Waals surface area contributed by atoms with Crippen molar-refractivity contribution in [1.82, 2.24) is 9.88 Å². The molecule has 1 aliphatic rings. The van der Waals surface area contributed by atoms with Crippen LogP contribution in [0.3, 0.4) is 0 Å². The zero-order valence-electron chi connectivity index (χ0n) is 18.2. The number of methoxy groups -OCH3 is 3. The van der Waals surface area contributed by atoms with Gasteiger partial charge in [-0.3, -0.25) is 9.78 Å². The predicted molar refractivity (Wildman–Crippen MR) is 108 cm³/mol. The second kappa shape index (κ2) is 11.4. The van der Waals surface area contributed by atoms with Gasteiger partial charge in [-0.1, -0.05) is 13.8 Å². The Morgan fingerprint density at radius 2 is 1.97 bits per heavy atom. The third kappa shape index (κ3) is 5.88. The van der Waals surface area contributed by atoms with Crippen LogP contribution in [0.25, 0.3) is 0 Å². The highest BCUT2D eigenvalue weighted by Crippen LogP contribution is 2.41. The molecule has 2 rings (SSSR count). The molecule has 2 unspecified atom stereocenters. The van der Waals surface area contributed by atoms with Crippen LogP contribution in [0.4, 0.5) is 0 Å². The number of aromatic nitrogens is 1. The Kier molecular flexibility index (Phi) is 9.29. The highest BCUT2D eigenvalue weighted by molar-refractivity contribution is 5.93. The van der Waals surface area contributed by atoms with Crippen LogP contribution in [-0.2, 0) is 30.2 Å². The molecular weight excluding hydrogens is 376 g/mol. The predicted octanol–water partition coefficient (Wildman–Crippen LogP) is 2.26. The Hall–Kier alpha value is -1.74. The summed E-state index contributed by atoms with van der Waals surface area (Å²) in [5, 5.41) is 0. The molecule has 1 aromatic rings. The molecule has 1 amide bonds. The number of ether oxygens (including phenoxy) is 5. The molecule has 1 fully saturated rings. The second-order valence-corrected chi connectivity index (χ2v) is 7.63. The van der Waals surface area contributed by atoms with Gasteiger partial charge in [0.25, 0.3) is 5.91 Å². The Morgan fingerprint density at radius 1 is 1.17 bits per heavy atom. The molecule has 1 aromatic heterocycles. The van der Waals surface area contributed by atoms with E-state index in [1.165, 1.54) is 0 Å². The first-order chi connectivity index (χ1) is 14.0. The van der Waals surface area contributed by atoms with Crippen molar-refractivity contribution in [1.29, 1.82) is 0 Å². The zero-order valence-corrected chi connectivity index (χ0v) is 18.2. The van der Waals surface area contributed by atoms with Gasteiger partial charge in [0.15, 0.2) is 5.60 Å². The quantitative estimate of drug-likeness (QED) is 0.264. The molecule has 2 atom stereocenters. The third-order valence-corrected chi connectivity index (χ3v) is 4.93. The molecule has 164 valence electrons. The SMILES string of the molecule is COCCCOc1ccnc(CC2(OCOC)C(=O)N(COC)C2CC(C)C)c1. The van der Waals surface area contributed by atoms with Gasteiger partial charge in [0.05, 0.1) is 12.6 Å². The van der Waals surface area contributed by atoms with Gasteiger partial charge < -0.3 is 28.6 Å². The first-order valence-corrected chi connectivity index (χ1v) is 9.98. The molecule has 8 heteroatoms. The van der Waals surface area contributed by atoms with Gasteiger partial charge in [0, 0.05) is 58.7 Å². The lowest BCUT2D eigenvalue weighted by Crippen LogP contribution is -2.76. The summed E-state index contributed by atoms with van der Waals surface area (Å²) in [7, 11) is 4.80. The molecule has 1 saturated heterocycles. The van der Waals surface area contributed by atoms with E-state index in [4.69, 9.17) is 23.7 Å². The van der Waals surface area contributed by atoms with Crippen molar-refractivity contribution in [3.8, 4) is 5.75 Å². The van der Waals surface area contributed by atoms with Gasteiger partial charge in [0.1, 0.15) is 19.3 Å². The minimum absolute atomic E-state index is 0.0361. The van der Waals surface area contributed by atoms with Crippen LogP contribution < -0.4 is 4.74 Å². The molecule has 1 aliphatic heterocycles. The lowest BCUT2D eigenvalue weighted by atomic mass is 9.75. The molecule has 0 spiro atoms. The van der Waals surface area contributed by atoms with Crippen LogP contribution in [0.2, 0.25) is 0 Å². The number of β-lactam (4-membered cyclic amide) rings is 1. The van der Waals surface area contributed by atoms with Crippen molar-refractivity contribution in [3.63, 3.8) is 0 Å². The Labute approximate surface area is 173 Å². The number of carbonyl (C=O) groups is 1. The monoisotopic (exact) mass is 410 g/mol. The van der Waals surface area contributed by atoms with E-state index in [9.17, 15) is 4.79 Å². The minimum atomic E-state index is -1.01. The van der Waals surface area contributed by atoms with Gasteiger partial charge >= 0.3 is 0 Å². The fraction of sp³-hybridized carbons (Fsp3) is 0.714. The molecule has 0 radical (unpaired) electrons. The molecule has 0 N–H and O–H groups in total. The summed E-state index contributed by atoms with van der Waals surface area (Å²) in [6.45, 7) is 5.73. The number of rotatable bonds is 14. The van der Waals surface area contributed by atoms with Crippen LogP contribution in [0.1, 0.15) is 32.4 Å². The average Bonchev–Trinajstić information content (AvgIpc) is 2.71. The maximum atomic E-state index is 13.1. The molecule has 0 aliphatic carbocycles. The minimum Gasteiger partial charge on any atom is -0.493 e. The normalized spacial score (nSPS) is 21.5. The third-order valence-electron chi connectivity index (χ3n) is 4.93. The molecular formula is C21H34N2O6. The first-order valence-electron chi connectivity index (χ1n) is 9.98. The van der Waals surface area contributed by atoms with E-state index < -0.39 is 5.60 Å². The fourth-order valence-electron chi connectivity index (χ4n) is 3.64. The highest BCUT2D eigenvalue weighted by atomic mass is 16.7. The maximum absolute atomic E-state index is 13.1.